The van der Waals surface area contributed by atoms with Gasteiger partial charge in [0.15, 0.2) is 0 Å². The number of allylic oxidation sites excluding steroid dienone is 1. The fraction of sp³-hybridized carbons (Fsp3) is 0.571. The van der Waals surface area contributed by atoms with Gasteiger partial charge in [0.05, 0.1) is 17.9 Å². The maximum atomic E-state index is 12.8. The summed E-state index contributed by atoms with van der Waals surface area (Å²) in [5.41, 5.74) is 7.46. The highest BCUT2D eigenvalue weighted by Crippen LogP contribution is 2.35. The third-order valence-corrected chi connectivity index (χ3v) is 7.21. The lowest BCUT2D eigenvalue weighted by Gasteiger charge is -2.29. The molecule has 0 spiro atoms. The minimum absolute atomic E-state index is 0.0134. The summed E-state index contributed by atoms with van der Waals surface area (Å²) in [4.78, 5) is 24.4. The molecule has 1 aromatic carbocycles. The van der Waals surface area contributed by atoms with Gasteiger partial charge in [0.25, 0.3) is 5.91 Å². The van der Waals surface area contributed by atoms with Crippen molar-refractivity contribution in [2.75, 3.05) is 12.4 Å². The van der Waals surface area contributed by atoms with Crippen LogP contribution >= 0.6 is 11.6 Å². The summed E-state index contributed by atoms with van der Waals surface area (Å²) in [6, 6.07) is 3.20. The molecule has 37 heavy (non-hydrogen) atoms. The van der Waals surface area contributed by atoms with Crippen LogP contribution in [0.25, 0.3) is 0 Å². The summed E-state index contributed by atoms with van der Waals surface area (Å²) < 4.78 is 11.1. The molecule has 2 bridgehead atoms. The molecule has 0 unspecified atom stereocenters. The number of anilines is 1. The van der Waals surface area contributed by atoms with Crippen molar-refractivity contribution in [3.63, 3.8) is 0 Å². The number of phenols is 1. The molecular weight excluding hydrogens is 496 g/mol. The van der Waals surface area contributed by atoms with Gasteiger partial charge in [-0.15, -0.1) is 0 Å². The van der Waals surface area contributed by atoms with Gasteiger partial charge in [0, 0.05) is 23.6 Å². The number of carbonyl (C=O) groups is 2. The number of aliphatic hydroxyl groups is 1. The number of hydrogen-bond donors (Lipinski definition) is 4. The summed E-state index contributed by atoms with van der Waals surface area (Å²) in [5, 5.41) is 25.1. The molecule has 206 valence electrons. The number of phenolic OH excluding ortho intramolecular Hbond substituents is 1. The van der Waals surface area contributed by atoms with Crippen molar-refractivity contribution in [3.8, 4) is 5.75 Å². The number of nitrogens with one attached hydrogen (secondary N) is 1. The van der Waals surface area contributed by atoms with Crippen LogP contribution in [-0.4, -0.2) is 47.6 Å². The molecule has 9 heteroatoms. The quantitative estimate of drug-likeness (QED) is 0.297. The Labute approximate surface area is 224 Å². The molecule has 2 amide bonds. The number of aromatic hydroxyl groups is 1. The van der Waals surface area contributed by atoms with Crippen molar-refractivity contribution in [2.24, 2.45) is 23.5 Å². The minimum atomic E-state index is -0.869. The predicted molar refractivity (Wildman–Crippen MR) is 146 cm³/mol. The molecule has 0 saturated carbocycles. The Morgan fingerprint density at radius 1 is 1.22 bits per heavy atom. The van der Waals surface area contributed by atoms with Crippen LogP contribution in [-0.2, 0) is 20.7 Å². The number of rotatable bonds is 2. The topological polar surface area (TPSA) is 131 Å². The Morgan fingerprint density at radius 3 is 2.51 bits per heavy atom. The summed E-state index contributed by atoms with van der Waals surface area (Å²) in [7, 11) is 1.56. The number of amides is 2. The smallest absolute Gasteiger partial charge is 0.405 e. The predicted octanol–water partition coefficient (Wildman–Crippen LogP) is 5.35. The monoisotopic (exact) mass is 536 g/mol. The zero-order chi connectivity index (χ0) is 27.9. The number of halogens is 1. The number of ether oxygens (including phenoxy) is 2. The van der Waals surface area contributed by atoms with Gasteiger partial charge in [-0.1, -0.05) is 44.5 Å². The highest BCUT2D eigenvalue weighted by Gasteiger charge is 2.29. The highest BCUT2D eigenvalue weighted by molar-refractivity contribution is 6.31. The molecule has 8 nitrogen and oxygen atoms in total. The Kier molecular flexibility index (Phi) is 11.5. The van der Waals surface area contributed by atoms with Crippen molar-refractivity contribution in [2.45, 2.75) is 78.6 Å². The number of aliphatic hydroxyl groups excluding tert-OH is 1. The van der Waals surface area contributed by atoms with Gasteiger partial charge in [0.1, 0.15) is 11.9 Å². The molecule has 0 saturated heterocycles. The lowest BCUT2D eigenvalue weighted by Crippen LogP contribution is -2.35. The van der Waals surface area contributed by atoms with E-state index in [1.54, 1.807) is 26.2 Å². The molecule has 0 radical (unpaired) electrons. The van der Waals surface area contributed by atoms with Crippen molar-refractivity contribution >= 4 is 29.3 Å². The summed E-state index contributed by atoms with van der Waals surface area (Å²) in [6.45, 7) is 9.38. The van der Waals surface area contributed by atoms with E-state index >= 15 is 0 Å². The molecule has 1 heterocycles. The van der Waals surface area contributed by atoms with Crippen LogP contribution in [0.5, 0.6) is 5.75 Å². The van der Waals surface area contributed by atoms with E-state index in [0.717, 1.165) is 5.57 Å². The maximum absolute atomic E-state index is 12.8. The number of fused-ring (bicyclic) bond motifs is 2. The number of methoxy groups -OCH3 is 1. The van der Waals surface area contributed by atoms with E-state index in [1.807, 2.05) is 33.8 Å². The lowest BCUT2D eigenvalue weighted by molar-refractivity contribution is -0.112. The first kappa shape index (κ1) is 30.7. The Morgan fingerprint density at radius 2 is 1.89 bits per heavy atom. The van der Waals surface area contributed by atoms with Crippen molar-refractivity contribution < 1.29 is 29.3 Å². The second-order valence-electron chi connectivity index (χ2n) is 10.3. The number of hydrogen-bond acceptors (Lipinski definition) is 6. The highest BCUT2D eigenvalue weighted by atomic mass is 35.5. The summed E-state index contributed by atoms with van der Waals surface area (Å²) in [6.07, 6.45) is 3.12. The van der Waals surface area contributed by atoms with Crippen LogP contribution in [0, 0.1) is 17.8 Å². The largest absolute Gasteiger partial charge is 0.505 e. The van der Waals surface area contributed by atoms with Crippen LogP contribution in [0.1, 0.15) is 59.4 Å². The first-order chi connectivity index (χ1) is 17.3. The molecular formula is C28H41ClN2O6. The molecule has 1 aromatic rings. The van der Waals surface area contributed by atoms with Crippen molar-refractivity contribution in [1.29, 1.82) is 0 Å². The van der Waals surface area contributed by atoms with E-state index in [2.05, 4.69) is 5.32 Å². The van der Waals surface area contributed by atoms with Gasteiger partial charge >= 0.3 is 6.09 Å². The van der Waals surface area contributed by atoms with E-state index in [0.29, 0.717) is 41.8 Å². The van der Waals surface area contributed by atoms with Crippen LogP contribution in [0.15, 0.2) is 35.4 Å². The van der Waals surface area contributed by atoms with Gasteiger partial charge in [-0.2, -0.15) is 0 Å². The second-order valence-corrected chi connectivity index (χ2v) is 10.7. The fourth-order valence-corrected chi connectivity index (χ4v) is 5.14. The van der Waals surface area contributed by atoms with E-state index in [-0.39, 0.29) is 35.1 Å². The molecule has 5 N–H and O–H groups in total. The number of nitrogens with two attached hydrogens (primary N) is 1. The van der Waals surface area contributed by atoms with Gasteiger partial charge in [0.2, 0.25) is 0 Å². The average molecular weight is 537 g/mol. The molecule has 2 rings (SSSR count). The van der Waals surface area contributed by atoms with Crippen LogP contribution in [0.4, 0.5) is 10.5 Å². The number of primary amides is 1. The number of benzene rings is 1. The minimum Gasteiger partial charge on any atom is -0.505 e. The molecule has 1 aliphatic heterocycles. The standard InChI is InChI=1S/C28H41ClN2O6/c1-15-10-20-13-21(29)14-22(25(20)33)31-27(34)17(3)9-7-8-16(2)26(37-28(30)35)19(5)12-18(4)24(32)23(11-15)36-6/h9,12-16,18,23-24,26,32-33H,7-8,10-11H2,1-6H3,(H2,30,35)(H,31,34)/b17-9+,19-12+/t15-,16+,18+,23+,24-,26-/m1/s1. The van der Waals surface area contributed by atoms with E-state index in [9.17, 15) is 19.8 Å². The van der Waals surface area contributed by atoms with Gasteiger partial charge < -0.3 is 30.7 Å². The van der Waals surface area contributed by atoms with Gasteiger partial charge in [-0.3, -0.25) is 4.79 Å². The van der Waals surface area contributed by atoms with Crippen LogP contribution < -0.4 is 11.1 Å². The van der Waals surface area contributed by atoms with Crippen LogP contribution in [0.3, 0.4) is 0 Å². The normalized spacial score (nSPS) is 31.4. The summed E-state index contributed by atoms with van der Waals surface area (Å²) >= 11 is 6.31. The lowest BCUT2D eigenvalue weighted by atomic mass is 9.87. The second kappa shape index (κ2) is 13.8. The van der Waals surface area contributed by atoms with E-state index in [4.69, 9.17) is 26.8 Å². The zero-order valence-corrected chi connectivity index (χ0v) is 23.3. The fourth-order valence-electron chi connectivity index (χ4n) is 4.89. The maximum Gasteiger partial charge on any atom is 0.405 e. The van der Waals surface area contributed by atoms with Gasteiger partial charge in [-0.25, -0.2) is 4.79 Å². The Balaban J connectivity index is 2.48. The Bertz CT molecular complexity index is 1020. The molecule has 1 aliphatic rings. The van der Waals surface area contributed by atoms with E-state index < -0.39 is 24.4 Å². The first-order valence-corrected chi connectivity index (χ1v) is 13.1. The number of carbonyl (C=O) groups excluding carboxylic acids is 2. The van der Waals surface area contributed by atoms with E-state index in [1.165, 1.54) is 6.07 Å². The van der Waals surface area contributed by atoms with Crippen LogP contribution in [0.2, 0.25) is 5.02 Å². The molecule has 0 aliphatic carbocycles. The third-order valence-electron chi connectivity index (χ3n) is 6.99. The molecule has 0 aromatic heterocycles. The van der Waals surface area contributed by atoms with Gasteiger partial charge in [-0.05, 0) is 74.6 Å². The molecule has 6 atom stereocenters. The molecule has 0 fully saturated rings. The SMILES string of the molecule is CO[C@H]1C[C@H](C)Cc2cc(Cl)cc(c2O)NC(=O)/C(C)=C/CC[C@H](C)[C@@H](OC(N)=O)/C(C)=C/[C@H](C)[C@H]1O. The third kappa shape index (κ3) is 8.76. The zero-order valence-electron chi connectivity index (χ0n) is 22.6. The van der Waals surface area contributed by atoms with Crippen molar-refractivity contribution in [3.05, 3.63) is 46.0 Å². The summed E-state index contributed by atoms with van der Waals surface area (Å²) in [5.74, 6) is -0.753. The first-order valence-electron chi connectivity index (χ1n) is 12.7. The van der Waals surface area contributed by atoms with Crippen molar-refractivity contribution in [1.82, 2.24) is 0 Å². The Hall–Kier alpha value is -2.55. The average Bonchev–Trinajstić information content (AvgIpc) is 2.82.